The number of para-hydroxylation sites is 1. The van der Waals surface area contributed by atoms with Gasteiger partial charge in [-0.2, -0.15) is 0 Å². The number of carbonyl (C=O) groups is 2. The van der Waals surface area contributed by atoms with Crippen LogP contribution in [0.25, 0.3) is 21.9 Å². The van der Waals surface area contributed by atoms with Crippen molar-refractivity contribution in [2.45, 2.75) is 19.4 Å². The van der Waals surface area contributed by atoms with Crippen molar-refractivity contribution in [3.8, 4) is 5.75 Å². The van der Waals surface area contributed by atoms with Crippen LogP contribution in [0.5, 0.6) is 5.75 Å². The fourth-order valence-corrected chi connectivity index (χ4v) is 6.00. The summed E-state index contributed by atoms with van der Waals surface area (Å²) in [5, 5.41) is 0.494. The molecule has 2 aliphatic heterocycles. The Morgan fingerprint density at radius 3 is 2.47 bits per heavy atom. The molecule has 2 amide bonds. The molecule has 12 nitrogen and oxygen atoms in total. The van der Waals surface area contributed by atoms with E-state index in [0.29, 0.717) is 77.4 Å². The van der Waals surface area contributed by atoms with Gasteiger partial charge in [-0.1, -0.05) is 18.2 Å². The van der Waals surface area contributed by atoms with Crippen LogP contribution in [0, 0.1) is 0 Å². The minimum absolute atomic E-state index is 0.0703. The summed E-state index contributed by atoms with van der Waals surface area (Å²) in [6.07, 6.45) is 0.718. The predicted molar refractivity (Wildman–Crippen MR) is 167 cm³/mol. The monoisotopic (exact) mass is 608 g/mol. The molecule has 0 unspecified atom stereocenters. The Kier molecular flexibility index (Phi) is 7.74. The molecule has 12 heteroatoms. The Balaban J connectivity index is 1.07. The summed E-state index contributed by atoms with van der Waals surface area (Å²) in [4.78, 5) is 65.7. The molecule has 0 atom stereocenters. The molecule has 0 saturated carbocycles. The third-order valence-corrected chi connectivity index (χ3v) is 8.43. The number of hydrogen-bond acceptors (Lipinski definition) is 8. The molecule has 2 N–H and O–H groups in total. The van der Waals surface area contributed by atoms with E-state index in [2.05, 4.69) is 14.9 Å². The largest absolute Gasteiger partial charge is 0.492 e. The fourth-order valence-electron chi connectivity index (χ4n) is 6.00. The van der Waals surface area contributed by atoms with E-state index in [-0.39, 0.29) is 30.1 Å². The number of rotatable bonds is 10. The van der Waals surface area contributed by atoms with Gasteiger partial charge in [-0.05, 0) is 54.4 Å². The molecule has 5 aromatic rings. The number of nitrogens with one attached hydrogen (secondary N) is 2. The van der Waals surface area contributed by atoms with Crippen molar-refractivity contribution in [3.63, 3.8) is 0 Å². The summed E-state index contributed by atoms with van der Waals surface area (Å²) in [7, 11) is 0. The maximum absolute atomic E-state index is 13.6. The van der Waals surface area contributed by atoms with E-state index in [0.717, 1.165) is 25.2 Å². The molecule has 230 valence electrons. The standard InChI is InChI=1S/C33H32N6O6/c40-30-23-7-6-22(45-18-15-37-13-16-44-17-14-37)20-25(23)32(42)39(30)12-10-29-34-26-4-2-1-3-24(26)31(41)38(29)11-9-21-5-8-27-28(19-21)36-33(43)35-27/h1-8,19-20H,9-18H2,(H2,35,36,43). The first-order chi connectivity index (χ1) is 21.9. The zero-order chi connectivity index (χ0) is 30.9. The first-order valence-corrected chi connectivity index (χ1v) is 15.1. The molecule has 2 aromatic heterocycles. The van der Waals surface area contributed by atoms with Gasteiger partial charge in [0.2, 0.25) is 0 Å². The second kappa shape index (κ2) is 12.1. The number of amides is 2. The second-order valence-electron chi connectivity index (χ2n) is 11.2. The Morgan fingerprint density at radius 2 is 1.60 bits per heavy atom. The predicted octanol–water partition coefficient (Wildman–Crippen LogP) is 2.36. The summed E-state index contributed by atoms with van der Waals surface area (Å²) < 4.78 is 12.9. The van der Waals surface area contributed by atoms with Crippen LogP contribution < -0.4 is 16.0 Å². The van der Waals surface area contributed by atoms with Gasteiger partial charge in [0.15, 0.2) is 0 Å². The van der Waals surface area contributed by atoms with E-state index in [1.807, 2.05) is 24.3 Å². The van der Waals surface area contributed by atoms with E-state index in [1.54, 1.807) is 41.0 Å². The van der Waals surface area contributed by atoms with Gasteiger partial charge >= 0.3 is 5.69 Å². The highest BCUT2D eigenvalue weighted by Gasteiger charge is 2.36. The quantitative estimate of drug-likeness (QED) is 0.230. The number of hydrogen-bond donors (Lipinski definition) is 2. The Bertz CT molecular complexity index is 2040. The number of nitrogens with zero attached hydrogens (tertiary/aromatic N) is 4. The van der Waals surface area contributed by atoms with Crippen molar-refractivity contribution in [2.75, 3.05) is 46.0 Å². The summed E-state index contributed by atoms with van der Waals surface area (Å²) >= 11 is 0. The summed E-state index contributed by atoms with van der Waals surface area (Å²) in [5.74, 6) is 0.255. The third kappa shape index (κ3) is 5.77. The van der Waals surface area contributed by atoms with Gasteiger partial charge in [0.1, 0.15) is 18.2 Å². The van der Waals surface area contributed by atoms with Crippen molar-refractivity contribution in [2.24, 2.45) is 0 Å². The van der Waals surface area contributed by atoms with Crippen LogP contribution in [-0.2, 0) is 24.1 Å². The highest BCUT2D eigenvalue weighted by Crippen LogP contribution is 2.27. The lowest BCUT2D eigenvalue weighted by Crippen LogP contribution is -2.38. The number of H-pyrrole nitrogens is 2. The van der Waals surface area contributed by atoms with Gasteiger partial charge < -0.3 is 19.4 Å². The summed E-state index contributed by atoms with van der Waals surface area (Å²) in [5.41, 5.74) is 3.08. The average Bonchev–Trinajstić information content (AvgIpc) is 3.54. The Morgan fingerprint density at radius 1 is 0.800 bits per heavy atom. The van der Waals surface area contributed by atoms with E-state index in [4.69, 9.17) is 14.5 Å². The zero-order valence-corrected chi connectivity index (χ0v) is 24.6. The molecule has 1 saturated heterocycles. The second-order valence-corrected chi connectivity index (χ2v) is 11.2. The lowest BCUT2D eigenvalue weighted by atomic mass is 10.1. The molecule has 3 aromatic carbocycles. The number of imide groups is 1. The lowest BCUT2D eigenvalue weighted by molar-refractivity contribution is 0.0322. The fraction of sp³-hybridized carbons (Fsp3) is 0.303. The lowest BCUT2D eigenvalue weighted by Gasteiger charge is -2.26. The zero-order valence-electron chi connectivity index (χ0n) is 24.6. The summed E-state index contributed by atoms with van der Waals surface area (Å²) in [6.45, 7) is 4.77. The number of ether oxygens (including phenoxy) is 2. The van der Waals surface area contributed by atoms with Gasteiger partial charge in [-0.15, -0.1) is 0 Å². The van der Waals surface area contributed by atoms with Crippen LogP contribution in [0.3, 0.4) is 0 Å². The van der Waals surface area contributed by atoms with Crippen LogP contribution in [0.4, 0.5) is 0 Å². The van der Waals surface area contributed by atoms with Crippen LogP contribution in [0.15, 0.2) is 70.3 Å². The highest BCUT2D eigenvalue weighted by molar-refractivity contribution is 6.21. The molecule has 0 spiro atoms. The molecule has 0 radical (unpaired) electrons. The number of carbonyl (C=O) groups excluding carboxylic acids is 2. The number of aromatic nitrogens is 4. The van der Waals surface area contributed by atoms with Crippen LogP contribution >= 0.6 is 0 Å². The van der Waals surface area contributed by atoms with E-state index in [9.17, 15) is 19.2 Å². The smallest absolute Gasteiger partial charge is 0.323 e. The minimum Gasteiger partial charge on any atom is -0.492 e. The van der Waals surface area contributed by atoms with E-state index in [1.165, 1.54) is 4.90 Å². The van der Waals surface area contributed by atoms with Crippen molar-refractivity contribution in [3.05, 3.63) is 104 Å². The minimum atomic E-state index is -0.392. The molecule has 0 aliphatic carbocycles. The van der Waals surface area contributed by atoms with Gasteiger partial charge in [0.25, 0.3) is 17.4 Å². The summed E-state index contributed by atoms with van der Waals surface area (Å²) in [6, 6.07) is 17.7. The first-order valence-electron chi connectivity index (χ1n) is 15.1. The number of benzene rings is 3. The topological polar surface area (TPSA) is 143 Å². The Labute approximate surface area is 257 Å². The maximum Gasteiger partial charge on any atom is 0.323 e. The molecule has 2 aliphatic rings. The van der Waals surface area contributed by atoms with E-state index < -0.39 is 5.91 Å². The maximum atomic E-state index is 13.6. The van der Waals surface area contributed by atoms with Crippen LogP contribution in [-0.4, -0.2) is 87.1 Å². The molecular formula is C33H32N6O6. The van der Waals surface area contributed by atoms with Gasteiger partial charge in [0.05, 0.1) is 46.3 Å². The number of aryl methyl sites for hydroxylation is 1. The molecule has 1 fully saturated rings. The van der Waals surface area contributed by atoms with Crippen LogP contribution in [0.2, 0.25) is 0 Å². The normalized spacial score (nSPS) is 15.3. The molecular weight excluding hydrogens is 576 g/mol. The number of imidazole rings is 1. The van der Waals surface area contributed by atoms with Crippen LogP contribution in [0.1, 0.15) is 32.1 Å². The Hall–Kier alpha value is -5.07. The number of morpholine rings is 1. The van der Waals surface area contributed by atoms with Crippen molar-refractivity contribution < 1.29 is 19.1 Å². The SMILES string of the molecule is O=C1c2ccc(OCCN3CCOCC3)cc2C(=O)N1CCc1nc2ccccc2c(=O)n1CCc1ccc2[nH]c(=O)[nH]c2c1. The van der Waals surface area contributed by atoms with Gasteiger partial charge in [-0.3, -0.25) is 28.8 Å². The van der Waals surface area contributed by atoms with Gasteiger partial charge in [0, 0.05) is 39.1 Å². The van der Waals surface area contributed by atoms with Crippen molar-refractivity contribution in [1.82, 2.24) is 29.3 Å². The molecule has 45 heavy (non-hydrogen) atoms. The van der Waals surface area contributed by atoms with Crippen molar-refractivity contribution >= 4 is 33.8 Å². The van der Waals surface area contributed by atoms with E-state index >= 15 is 0 Å². The first kappa shape index (κ1) is 28.7. The third-order valence-electron chi connectivity index (χ3n) is 8.43. The van der Waals surface area contributed by atoms with Crippen molar-refractivity contribution in [1.29, 1.82) is 0 Å². The highest BCUT2D eigenvalue weighted by atomic mass is 16.5. The molecule has 0 bridgehead atoms. The average molecular weight is 609 g/mol. The molecule has 4 heterocycles. The molecule has 7 rings (SSSR count). The number of fused-ring (bicyclic) bond motifs is 3. The number of aromatic amines is 2. The van der Waals surface area contributed by atoms with Gasteiger partial charge in [-0.25, -0.2) is 9.78 Å².